The summed E-state index contributed by atoms with van der Waals surface area (Å²) in [5.74, 6) is -2.52. The normalized spacial score (nSPS) is 10.7. The minimum atomic E-state index is -1.23. The van der Waals surface area contributed by atoms with Gasteiger partial charge >= 0.3 is 17.9 Å². The number of hydrogen-bond acceptors (Lipinski definition) is 4. The van der Waals surface area contributed by atoms with Gasteiger partial charge in [-0.05, 0) is 19.8 Å². The molecule has 0 aromatic heterocycles. The highest BCUT2D eigenvalue weighted by Crippen LogP contribution is 2.08. The average Bonchev–Trinajstić information content (AvgIpc) is 2.61. The van der Waals surface area contributed by atoms with E-state index in [1.54, 1.807) is 0 Å². The van der Waals surface area contributed by atoms with Gasteiger partial charge in [0.25, 0.3) is 0 Å². The van der Waals surface area contributed by atoms with E-state index in [2.05, 4.69) is 13.8 Å². The van der Waals surface area contributed by atoms with Crippen LogP contribution in [0, 0.1) is 0 Å². The fourth-order valence-corrected chi connectivity index (χ4v) is 2.11. The van der Waals surface area contributed by atoms with Crippen molar-refractivity contribution in [1.82, 2.24) is 0 Å². The smallest absolute Gasteiger partial charge is 0.332 e. The van der Waals surface area contributed by atoms with E-state index in [0.29, 0.717) is 12.8 Å². The van der Waals surface area contributed by atoms with E-state index in [-0.39, 0.29) is 0 Å². The molecule has 0 aliphatic rings. The third-order valence-corrected chi connectivity index (χ3v) is 3.85. The lowest BCUT2D eigenvalue weighted by Gasteiger charge is -1.98. The molecule has 0 aliphatic heterocycles. The van der Waals surface area contributed by atoms with Gasteiger partial charge in [0.2, 0.25) is 0 Å². The van der Waals surface area contributed by atoms with Gasteiger partial charge < -0.3 is 20.4 Å². The van der Waals surface area contributed by atoms with Crippen molar-refractivity contribution in [2.75, 3.05) is 0 Å². The first-order chi connectivity index (χ1) is 13.2. The zero-order valence-electron chi connectivity index (χ0n) is 18.0. The van der Waals surface area contributed by atoms with Crippen molar-refractivity contribution in [3.05, 3.63) is 0 Å². The van der Waals surface area contributed by atoms with Crippen molar-refractivity contribution < 1.29 is 34.8 Å². The molecule has 0 fully saturated rings. The van der Waals surface area contributed by atoms with Crippen LogP contribution in [0.25, 0.3) is 0 Å². The summed E-state index contributed by atoms with van der Waals surface area (Å²) in [5, 5.41) is 32.4. The first kappa shape index (κ1) is 31.1. The van der Waals surface area contributed by atoms with Gasteiger partial charge in [0.1, 0.15) is 6.10 Å². The first-order valence-corrected chi connectivity index (χ1v) is 10.5. The van der Waals surface area contributed by atoms with Crippen molar-refractivity contribution in [3.63, 3.8) is 0 Å². The number of aliphatic hydroxyl groups excluding tert-OH is 1. The highest BCUT2D eigenvalue weighted by atomic mass is 16.4. The molecule has 0 bridgehead atoms. The number of carbonyl (C=O) groups is 3. The summed E-state index contributed by atoms with van der Waals surface area (Å²) in [5.41, 5.74) is 0. The molecule has 0 radical (unpaired) electrons. The number of aliphatic hydroxyl groups is 1. The minimum Gasteiger partial charge on any atom is -0.481 e. The maximum absolute atomic E-state index is 10.1. The number of hydrogen-bond donors (Lipinski definition) is 4. The van der Waals surface area contributed by atoms with Crippen molar-refractivity contribution in [2.45, 2.75) is 117 Å². The highest BCUT2D eigenvalue weighted by molar-refractivity contribution is 5.71. The molecule has 0 aliphatic carbocycles. The molecule has 0 amide bonds. The molecule has 7 heteroatoms. The van der Waals surface area contributed by atoms with Crippen molar-refractivity contribution in [2.24, 2.45) is 0 Å². The van der Waals surface area contributed by atoms with Gasteiger partial charge in [-0.2, -0.15) is 0 Å². The zero-order chi connectivity index (χ0) is 22.2. The van der Waals surface area contributed by atoms with Crippen LogP contribution in [0.15, 0.2) is 0 Å². The third kappa shape index (κ3) is 39.4. The van der Waals surface area contributed by atoms with Gasteiger partial charge in [0, 0.05) is 12.8 Å². The zero-order valence-corrected chi connectivity index (χ0v) is 18.0. The van der Waals surface area contributed by atoms with Crippen LogP contribution in [0.1, 0.15) is 111 Å². The summed E-state index contributed by atoms with van der Waals surface area (Å²) in [6.45, 7) is 5.55. The van der Waals surface area contributed by atoms with Crippen LogP contribution in [0.3, 0.4) is 0 Å². The lowest BCUT2D eigenvalue weighted by Crippen LogP contribution is -2.13. The van der Waals surface area contributed by atoms with Crippen LogP contribution in [0.2, 0.25) is 0 Å². The second kappa shape index (κ2) is 25.4. The topological polar surface area (TPSA) is 132 Å². The van der Waals surface area contributed by atoms with E-state index in [0.717, 1.165) is 25.7 Å². The van der Waals surface area contributed by atoms with Crippen LogP contribution in [-0.2, 0) is 14.4 Å². The Labute approximate surface area is 170 Å². The Morgan fingerprint density at radius 3 is 1.07 bits per heavy atom. The third-order valence-electron chi connectivity index (χ3n) is 3.85. The summed E-state index contributed by atoms with van der Waals surface area (Å²) in [7, 11) is 0. The van der Waals surface area contributed by atoms with Gasteiger partial charge in [-0.1, -0.05) is 78.1 Å². The van der Waals surface area contributed by atoms with Crippen LogP contribution in [0.5, 0.6) is 0 Å². The summed E-state index contributed by atoms with van der Waals surface area (Å²) < 4.78 is 0. The molecule has 0 spiro atoms. The first-order valence-electron chi connectivity index (χ1n) is 10.5. The fraction of sp³-hybridized carbons (Fsp3) is 0.857. The van der Waals surface area contributed by atoms with E-state index >= 15 is 0 Å². The maximum atomic E-state index is 10.1. The van der Waals surface area contributed by atoms with Crippen molar-refractivity contribution in [1.29, 1.82) is 0 Å². The summed E-state index contributed by atoms with van der Waals surface area (Å²) in [6.07, 6.45) is 13.3. The van der Waals surface area contributed by atoms with E-state index in [1.165, 1.54) is 58.3 Å². The Morgan fingerprint density at radius 1 is 0.607 bits per heavy atom. The summed E-state index contributed by atoms with van der Waals surface area (Å²) in [4.78, 5) is 29.6. The minimum absolute atomic E-state index is 0.337. The predicted molar refractivity (Wildman–Crippen MR) is 111 cm³/mol. The number of carboxylic acids is 3. The Kier molecular flexibility index (Phi) is 28.2. The summed E-state index contributed by atoms with van der Waals surface area (Å²) in [6, 6.07) is 0. The van der Waals surface area contributed by atoms with Gasteiger partial charge in [0.15, 0.2) is 0 Å². The van der Waals surface area contributed by atoms with Gasteiger partial charge in [-0.25, -0.2) is 4.79 Å². The standard InChI is InChI=1S/C10H20O2.C8H16O2.C3H6O3/c1-2-3-4-5-6-7-8-9-10(11)12;1-2-3-4-5-6-7-8(9)10;1-2(4)3(5)6/h2-9H2,1H3,(H,11,12);2-7H2,1H3,(H,9,10);2,4H,1H3,(H,5,6). The van der Waals surface area contributed by atoms with Gasteiger partial charge in [0.05, 0.1) is 0 Å². The van der Waals surface area contributed by atoms with Gasteiger partial charge in [-0.3, -0.25) is 9.59 Å². The van der Waals surface area contributed by atoms with Crippen LogP contribution >= 0.6 is 0 Å². The molecule has 0 heterocycles. The fourth-order valence-electron chi connectivity index (χ4n) is 2.11. The van der Waals surface area contributed by atoms with E-state index < -0.39 is 24.0 Å². The molecular weight excluding hydrogens is 364 g/mol. The Bertz CT molecular complexity index is 368. The van der Waals surface area contributed by atoms with Gasteiger partial charge in [-0.15, -0.1) is 0 Å². The molecular formula is C21H42O7. The Balaban J connectivity index is -0.000000354. The molecule has 168 valence electrons. The van der Waals surface area contributed by atoms with E-state index in [9.17, 15) is 14.4 Å². The Morgan fingerprint density at radius 2 is 0.857 bits per heavy atom. The molecule has 4 N–H and O–H groups in total. The second-order valence-electron chi connectivity index (χ2n) is 6.84. The Hall–Kier alpha value is -1.63. The lowest BCUT2D eigenvalue weighted by atomic mass is 10.1. The molecule has 1 atom stereocenters. The number of rotatable bonds is 15. The predicted octanol–water partition coefficient (Wildman–Crippen LogP) is 5.10. The average molecular weight is 407 g/mol. The maximum Gasteiger partial charge on any atom is 0.332 e. The molecule has 0 rings (SSSR count). The highest BCUT2D eigenvalue weighted by Gasteiger charge is 2.01. The molecule has 7 nitrogen and oxygen atoms in total. The van der Waals surface area contributed by atoms with Crippen molar-refractivity contribution >= 4 is 17.9 Å². The van der Waals surface area contributed by atoms with Crippen LogP contribution < -0.4 is 0 Å². The molecule has 0 aromatic carbocycles. The monoisotopic (exact) mass is 406 g/mol. The largest absolute Gasteiger partial charge is 0.481 e. The lowest BCUT2D eigenvalue weighted by molar-refractivity contribution is -0.145. The van der Waals surface area contributed by atoms with E-state index in [1.807, 2.05) is 0 Å². The number of carboxylic acid groups (broad SMARTS) is 3. The number of unbranched alkanes of at least 4 members (excludes halogenated alkanes) is 10. The molecule has 28 heavy (non-hydrogen) atoms. The van der Waals surface area contributed by atoms with Crippen LogP contribution in [-0.4, -0.2) is 44.4 Å². The summed E-state index contributed by atoms with van der Waals surface area (Å²) >= 11 is 0. The van der Waals surface area contributed by atoms with E-state index in [4.69, 9.17) is 20.4 Å². The molecule has 0 saturated heterocycles. The second-order valence-corrected chi connectivity index (χ2v) is 6.84. The number of aliphatic carboxylic acids is 3. The van der Waals surface area contributed by atoms with Crippen molar-refractivity contribution in [3.8, 4) is 0 Å². The molecule has 1 unspecified atom stereocenters. The SMILES string of the molecule is CC(O)C(=O)O.CCCCCCCC(=O)O.CCCCCCCCCC(=O)O. The molecule has 0 aromatic rings. The quantitative estimate of drug-likeness (QED) is 0.278. The van der Waals surface area contributed by atoms with Crippen LogP contribution in [0.4, 0.5) is 0 Å². The molecule has 0 saturated carbocycles.